The van der Waals surface area contributed by atoms with Gasteiger partial charge in [-0.1, -0.05) is 0 Å². The minimum atomic E-state index is -0.721. The van der Waals surface area contributed by atoms with Crippen LogP contribution in [0.15, 0.2) is 6.07 Å². The van der Waals surface area contributed by atoms with Gasteiger partial charge in [0.2, 0.25) is 0 Å². The van der Waals surface area contributed by atoms with Gasteiger partial charge in [0.1, 0.15) is 0 Å². The Kier molecular flexibility index (Phi) is 3.20. The lowest BCUT2D eigenvalue weighted by atomic mass is 9.80. The highest BCUT2D eigenvalue weighted by atomic mass is 16.3. The maximum Gasteiger partial charge on any atom is 0.252 e. The molecule has 1 aliphatic rings. The Balaban J connectivity index is 1.93. The first-order chi connectivity index (χ1) is 9.89. The van der Waals surface area contributed by atoms with Crippen LogP contribution < -0.4 is 5.32 Å². The summed E-state index contributed by atoms with van der Waals surface area (Å²) in [5, 5.41) is 18.0. The van der Waals surface area contributed by atoms with Crippen molar-refractivity contribution in [2.24, 2.45) is 7.05 Å². The molecule has 0 radical (unpaired) electrons. The largest absolute Gasteiger partial charge is 0.388 e. The number of hydrogen-bond donors (Lipinski definition) is 2. The highest BCUT2D eigenvalue weighted by Crippen LogP contribution is 2.30. The maximum absolute atomic E-state index is 12.5. The molecule has 2 aromatic heterocycles. The summed E-state index contributed by atoms with van der Waals surface area (Å²) in [7, 11) is 1.82. The predicted molar refractivity (Wildman–Crippen MR) is 79.1 cm³/mol. The topological polar surface area (TPSA) is 80.0 Å². The second-order valence-corrected chi connectivity index (χ2v) is 5.98. The van der Waals surface area contributed by atoms with E-state index in [-0.39, 0.29) is 5.91 Å². The molecular weight excluding hydrogens is 268 g/mol. The van der Waals surface area contributed by atoms with Crippen LogP contribution >= 0.6 is 0 Å². The van der Waals surface area contributed by atoms with Crippen LogP contribution in [0.3, 0.4) is 0 Å². The van der Waals surface area contributed by atoms with E-state index in [2.05, 4.69) is 15.4 Å². The molecule has 2 N–H and O–H groups in total. The monoisotopic (exact) mass is 288 g/mol. The summed E-state index contributed by atoms with van der Waals surface area (Å²) in [5.74, 6) is -0.179. The van der Waals surface area contributed by atoms with E-state index in [1.54, 1.807) is 10.7 Å². The summed E-state index contributed by atoms with van der Waals surface area (Å²) in [5.41, 5.74) is 2.12. The third kappa shape index (κ3) is 2.40. The quantitative estimate of drug-likeness (QED) is 0.890. The molecule has 6 heteroatoms. The third-order valence-electron chi connectivity index (χ3n) is 4.20. The van der Waals surface area contributed by atoms with E-state index in [9.17, 15) is 9.90 Å². The maximum atomic E-state index is 12.5. The summed E-state index contributed by atoms with van der Waals surface area (Å²) >= 11 is 0. The van der Waals surface area contributed by atoms with Crippen molar-refractivity contribution in [3.05, 3.63) is 23.0 Å². The molecule has 0 saturated heterocycles. The molecule has 1 saturated carbocycles. The van der Waals surface area contributed by atoms with Crippen LogP contribution in [0.1, 0.15) is 41.0 Å². The molecule has 2 heterocycles. The van der Waals surface area contributed by atoms with Gasteiger partial charge >= 0.3 is 0 Å². The number of aliphatic hydroxyl groups is 1. The fourth-order valence-electron chi connectivity index (χ4n) is 2.85. The number of aromatic nitrogens is 3. The van der Waals surface area contributed by atoms with Crippen LogP contribution in [-0.2, 0) is 7.05 Å². The standard InChI is InChI=1S/C15H20N4O2/c1-9-7-11(12-10(2)18-19(3)13(12)17-9)14(20)16-8-15(21)5-4-6-15/h7,21H,4-6,8H2,1-3H3,(H,16,20). The van der Waals surface area contributed by atoms with Crippen LogP contribution in [0.4, 0.5) is 0 Å². The molecule has 1 amide bonds. The van der Waals surface area contributed by atoms with Crippen molar-refractivity contribution >= 4 is 16.9 Å². The Labute approximate surface area is 123 Å². The first-order valence-electron chi connectivity index (χ1n) is 7.21. The fourth-order valence-corrected chi connectivity index (χ4v) is 2.85. The van der Waals surface area contributed by atoms with Gasteiger partial charge in [0.15, 0.2) is 5.65 Å². The van der Waals surface area contributed by atoms with Crippen LogP contribution in [0, 0.1) is 13.8 Å². The Morgan fingerprint density at radius 3 is 2.81 bits per heavy atom. The van der Waals surface area contributed by atoms with E-state index in [4.69, 9.17) is 0 Å². The highest BCUT2D eigenvalue weighted by molar-refractivity contribution is 6.06. The Morgan fingerprint density at radius 2 is 2.19 bits per heavy atom. The molecule has 0 aliphatic heterocycles. The first kappa shape index (κ1) is 14.0. The molecule has 6 nitrogen and oxygen atoms in total. The predicted octanol–water partition coefficient (Wildman–Crippen LogP) is 1.23. The van der Waals surface area contributed by atoms with Crippen molar-refractivity contribution in [1.82, 2.24) is 20.1 Å². The summed E-state index contributed by atoms with van der Waals surface area (Å²) in [4.78, 5) is 16.9. The number of carbonyl (C=O) groups excluding carboxylic acids is 1. The third-order valence-corrected chi connectivity index (χ3v) is 4.20. The van der Waals surface area contributed by atoms with Crippen molar-refractivity contribution in [2.45, 2.75) is 38.7 Å². The average Bonchev–Trinajstić information content (AvgIpc) is 2.68. The lowest BCUT2D eigenvalue weighted by molar-refractivity contribution is -0.0300. The molecule has 2 aromatic rings. The van der Waals surface area contributed by atoms with Gasteiger partial charge in [-0.15, -0.1) is 0 Å². The SMILES string of the molecule is Cc1cc(C(=O)NCC2(O)CCC2)c2c(C)nn(C)c2n1. The Morgan fingerprint density at radius 1 is 1.48 bits per heavy atom. The van der Waals surface area contributed by atoms with Gasteiger partial charge in [-0.3, -0.25) is 9.48 Å². The lowest BCUT2D eigenvalue weighted by Crippen LogP contribution is -2.47. The number of aryl methyl sites for hydroxylation is 3. The summed E-state index contributed by atoms with van der Waals surface area (Å²) in [6.45, 7) is 4.03. The van der Waals surface area contributed by atoms with Crippen molar-refractivity contribution in [3.8, 4) is 0 Å². The second-order valence-electron chi connectivity index (χ2n) is 5.98. The van der Waals surface area contributed by atoms with Crippen molar-refractivity contribution in [2.75, 3.05) is 6.54 Å². The summed E-state index contributed by atoms with van der Waals surface area (Å²) in [6, 6.07) is 1.77. The smallest absolute Gasteiger partial charge is 0.252 e. The summed E-state index contributed by atoms with van der Waals surface area (Å²) < 4.78 is 1.69. The number of amides is 1. The molecule has 1 fully saturated rings. The fraction of sp³-hybridized carbons (Fsp3) is 0.533. The van der Waals surface area contributed by atoms with Gasteiger partial charge in [0, 0.05) is 19.3 Å². The normalized spacial score (nSPS) is 16.8. The lowest BCUT2D eigenvalue weighted by Gasteiger charge is -2.36. The van der Waals surface area contributed by atoms with Crippen molar-refractivity contribution in [1.29, 1.82) is 0 Å². The minimum absolute atomic E-state index is 0.179. The van der Waals surface area contributed by atoms with Gasteiger partial charge in [0.05, 0.1) is 22.2 Å². The van der Waals surface area contributed by atoms with Crippen molar-refractivity contribution < 1.29 is 9.90 Å². The Hall–Kier alpha value is -1.95. The van der Waals surface area contributed by atoms with Gasteiger partial charge in [-0.25, -0.2) is 4.98 Å². The molecule has 21 heavy (non-hydrogen) atoms. The molecule has 1 aliphatic carbocycles. The average molecular weight is 288 g/mol. The van der Waals surface area contributed by atoms with Crippen LogP contribution in [0.25, 0.3) is 11.0 Å². The second kappa shape index (κ2) is 4.80. The highest BCUT2D eigenvalue weighted by Gasteiger charge is 2.34. The van der Waals surface area contributed by atoms with Gasteiger partial charge in [-0.05, 0) is 39.2 Å². The number of fused-ring (bicyclic) bond motifs is 1. The van der Waals surface area contributed by atoms with Crippen molar-refractivity contribution in [3.63, 3.8) is 0 Å². The molecular formula is C15H20N4O2. The van der Waals surface area contributed by atoms with E-state index in [0.717, 1.165) is 36.0 Å². The van der Waals surface area contributed by atoms with E-state index in [1.807, 2.05) is 20.9 Å². The van der Waals surface area contributed by atoms with Crippen LogP contribution in [0.2, 0.25) is 0 Å². The van der Waals surface area contributed by atoms with Crippen LogP contribution in [-0.4, -0.2) is 37.9 Å². The molecule has 0 spiro atoms. The minimum Gasteiger partial charge on any atom is -0.388 e. The number of nitrogens with zero attached hydrogens (tertiary/aromatic N) is 3. The summed E-state index contributed by atoms with van der Waals surface area (Å²) in [6.07, 6.45) is 2.53. The number of carbonyl (C=O) groups is 1. The molecule has 0 unspecified atom stereocenters. The van der Waals surface area contributed by atoms with E-state index in [0.29, 0.717) is 17.8 Å². The Bertz CT molecular complexity index is 716. The van der Waals surface area contributed by atoms with E-state index >= 15 is 0 Å². The van der Waals surface area contributed by atoms with E-state index < -0.39 is 5.60 Å². The van der Waals surface area contributed by atoms with Crippen LogP contribution in [0.5, 0.6) is 0 Å². The van der Waals surface area contributed by atoms with E-state index in [1.165, 1.54) is 0 Å². The molecule has 0 atom stereocenters. The zero-order valence-corrected chi connectivity index (χ0v) is 12.6. The molecule has 112 valence electrons. The molecule has 3 rings (SSSR count). The zero-order chi connectivity index (χ0) is 15.2. The number of rotatable bonds is 3. The number of nitrogens with one attached hydrogen (secondary N) is 1. The number of pyridine rings is 1. The first-order valence-corrected chi connectivity index (χ1v) is 7.21. The van der Waals surface area contributed by atoms with Gasteiger partial charge in [-0.2, -0.15) is 5.10 Å². The number of hydrogen-bond acceptors (Lipinski definition) is 4. The zero-order valence-electron chi connectivity index (χ0n) is 12.6. The van der Waals surface area contributed by atoms with Gasteiger partial charge < -0.3 is 10.4 Å². The molecule has 0 bridgehead atoms. The van der Waals surface area contributed by atoms with Gasteiger partial charge in [0.25, 0.3) is 5.91 Å². The molecule has 0 aromatic carbocycles.